The fourth-order valence-electron chi connectivity index (χ4n) is 1.35. The van der Waals surface area contributed by atoms with Crippen LogP contribution < -0.4 is 5.73 Å². The molecule has 0 saturated heterocycles. The molecule has 7 heteroatoms. The smallest absolute Gasteiger partial charge is 0.341 e. The Bertz CT molecular complexity index is 597. The lowest BCUT2D eigenvalue weighted by molar-refractivity contribution is 0.0698. The summed E-state index contributed by atoms with van der Waals surface area (Å²) in [6.45, 7) is 0. The van der Waals surface area contributed by atoms with Gasteiger partial charge in [0, 0.05) is 0 Å². The topological polar surface area (TPSA) is 81.1 Å². The van der Waals surface area contributed by atoms with E-state index in [1.54, 1.807) is 0 Å². The van der Waals surface area contributed by atoms with Crippen molar-refractivity contribution in [3.63, 3.8) is 0 Å². The lowest BCUT2D eigenvalue weighted by atomic mass is 10.3. The predicted molar refractivity (Wildman–Crippen MR) is 59.9 cm³/mol. The van der Waals surface area contributed by atoms with E-state index in [0.29, 0.717) is 5.69 Å². The maximum absolute atomic E-state index is 13.0. The zero-order valence-electron chi connectivity index (χ0n) is 8.39. The molecule has 0 aliphatic carbocycles. The van der Waals surface area contributed by atoms with Crippen LogP contribution in [-0.4, -0.2) is 20.9 Å². The number of carboxylic acids is 1. The molecule has 17 heavy (non-hydrogen) atoms. The Morgan fingerprint density at radius 1 is 1.53 bits per heavy atom. The molecule has 0 aliphatic rings. The van der Waals surface area contributed by atoms with Crippen LogP contribution in [0.2, 0.25) is 5.02 Å². The minimum absolute atomic E-state index is 0.0415. The zero-order chi connectivity index (χ0) is 12.6. The normalized spacial score (nSPS) is 10.5. The summed E-state index contributed by atoms with van der Waals surface area (Å²) in [5.74, 6) is -1.79. The van der Waals surface area contributed by atoms with Crippen LogP contribution in [0.4, 0.5) is 10.2 Å². The Balaban J connectivity index is 2.53. The number of carbonyl (C=O) groups is 1. The standard InChI is InChI=1S/C10H7ClFN3O2/c11-7-3-5(1-2-8(7)12)15-9(13)6(4-14-15)10(16)17/h1-4H,13H2,(H,16,17). The number of nitrogen functional groups attached to an aromatic ring is 1. The molecule has 0 bridgehead atoms. The molecule has 0 atom stereocenters. The van der Waals surface area contributed by atoms with Crippen LogP contribution in [0.5, 0.6) is 0 Å². The molecule has 0 radical (unpaired) electrons. The van der Waals surface area contributed by atoms with Gasteiger partial charge < -0.3 is 10.8 Å². The van der Waals surface area contributed by atoms with Gasteiger partial charge in [-0.05, 0) is 18.2 Å². The van der Waals surface area contributed by atoms with Crippen molar-refractivity contribution in [3.8, 4) is 5.69 Å². The van der Waals surface area contributed by atoms with Crippen molar-refractivity contribution in [3.05, 3.63) is 40.8 Å². The summed E-state index contributed by atoms with van der Waals surface area (Å²) in [6.07, 6.45) is 1.12. The second-order valence-corrected chi connectivity index (χ2v) is 3.67. The quantitative estimate of drug-likeness (QED) is 0.859. The summed E-state index contributed by atoms with van der Waals surface area (Å²) in [6, 6.07) is 3.86. The summed E-state index contributed by atoms with van der Waals surface area (Å²) in [4.78, 5) is 10.8. The highest BCUT2D eigenvalue weighted by Crippen LogP contribution is 2.22. The van der Waals surface area contributed by atoms with Gasteiger partial charge in [0.15, 0.2) is 0 Å². The minimum Gasteiger partial charge on any atom is -0.477 e. The first-order valence-electron chi connectivity index (χ1n) is 4.53. The lowest BCUT2D eigenvalue weighted by Gasteiger charge is -2.05. The molecule has 3 N–H and O–H groups in total. The number of hydrogen-bond acceptors (Lipinski definition) is 3. The number of anilines is 1. The molecule has 5 nitrogen and oxygen atoms in total. The molecular formula is C10H7ClFN3O2. The molecule has 88 valence electrons. The molecule has 0 saturated carbocycles. The van der Waals surface area contributed by atoms with Crippen molar-refractivity contribution >= 4 is 23.4 Å². The Kier molecular flexibility index (Phi) is 2.72. The highest BCUT2D eigenvalue weighted by Gasteiger charge is 2.15. The molecule has 0 unspecified atom stereocenters. The van der Waals surface area contributed by atoms with E-state index in [1.165, 1.54) is 16.8 Å². The van der Waals surface area contributed by atoms with Crippen LogP contribution in [0.15, 0.2) is 24.4 Å². The van der Waals surface area contributed by atoms with Crippen LogP contribution in [-0.2, 0) is 0 Å². The maximum Gasteiger partial charge on any atom is 0.341 e. The van der Waals surface area contributed by atoms with Crippen molar-refractivity contribution in [2.75, 3.05) is 5.73 Å². The third kappa shape index (κ3) is 1.94. The van der Waals surface area contributed by atoms with Gasteiger partial charge in [0.05, 0.1) is 16.9 Å². The van der Waals surface area contributed by atoms with Crippen LogP contribution >= 0.6 is 11.6 Å². The van der Waals surface area contributed by atoms with Crippen LogP contribution in [0.3, 0.4) is 0 Å². The second kappa shape index (κ2) is 4.06. The van der Waals surface area contributed by atoms with Crippen LogP contribution in [0, 0.1) is 5.82 Å². The molecular weight excluding hydrogens is 249 g/mol. The Morgan fingerprint density at radius 2 is 2.24 bits per heavy atom. The van der Waals surface area contributed by atoms with Gasteiger partial charge in [-0.15, -0.1) is 0 Å². The Hall–Kier alpha value is -2.08. The molecule has 0 aliphatic heterocycles. The highest BCUT2D eigenvalue weighted by molar-refractivity contribution is 6.30. The fourth-order valence-corrected chi connectivity index (χ4v) is 1.52. The minimum atomic E-state index is -1.18. The zero-order valence-corrected chi connectivity index (χ0v) is 9.15. The van der Waals surface area contributed by atoms with Gasteiger partial charge in [-0.3, -0.25) is 0 Å². The van der Waals surface area contributed by atoms with Crippen molar-refractivity contribution in [2.24, 2.45) is 0 Å². The average Bonchev–Trinajstić information content (AvgIpc) is 2.64. The number of aromatic carboxylic acids is 1. The lowest BCUT2D eigenvalue weighted by Crippen LogP contribution is -2.05. The van der Waals surface area contributed by atoms with E-state index in [4.69, 9.17) is 22.4 Å². The largest absolute Gasteiger partial charge is 0.477 e. The molecule has 1 aromatic carbocycles. The van der Waals surface area contributed by atoms with E-state index in [-0.39, 0.29) is 16.4 Å². The van der Waals surface area contributed by atoms with Crippen molar-refractivity contribution < 1.29 is 14.3 Å². The van der Waals surface area contributed by atoms with Gasteiger partial charge in [0.2, 0.25) is 0 Å². The number of halogens is 2. The van der Waals surface area contributed by atoms with Crippen molar-refractivity contribution in [1.82, 2.24) is 9.78 Å². The Labute approximate surface area is 100 Å². The van der Waals surface area contributed by atoms with E-state index >= 15 is 0 Å². The summed E-state index contributed by atoms with van der Waals surface area (Å²) in [5.41, 5.74) is 5.88. The fraction of sp³-hybridized carbons (Fsp3) is 0. The third-order valence-electron chi connectivity index (χ3n) is 2.18. The number of hydrogen-bond donors (Lipinski definition) is 2. The van der Waals surface area contributed by atoms with Gasteiger partial charge in [-0.2, -0.15) is 5.10 Å². The number of rotatable bonds is 2. The SMILES string of the molecule is Nc1c(C(=O)O)cnn1-c1ccc(F)c(Cl)c1. The molecule has 2 aromatic rings. The van der Waals surface area contributed by atoms with E-state index < -0.39 is 11.8 Å². The van der Waals surface area contributed by atoms with Crippen molar-refractivity contribution in [1.29, 1.82) is 0 Å². The number of nitrogens with zero attached hydrogens (tertiary/aromatic N) is 2. The number of benzene rings is 1. The average molecular weight is 256 g/mol. The van der Waals surface area contributed by atoms with Gasteiger partial charge in [-0.25, -0.2) is 13.9 Å². The summed E-state index contributed by atoms with van der Waals surface area (Å²) < 4.78 is 14.1. The van der Waals surface area contributed by atoms with Gasteiger partial charge in [0.1, 0.15) is 17.2 Å². The number of carboxylic acid groups (broad SMARTS) is 1. The highest BCUT2D eigenvalue weighted by atomic mass is 35.5. The molecule has 0 fully saturated rings. The van der Waals surface area contributed by atoms with Gasteiger partial charge in [0.25, 0.3) is 0 Å². The van der Waals surface area contributed by atoms with Gasteiger partial charge >= 0.3 is 5.97 Å². The van der Waals surface area contributed by atoms with E-state index in [2.05, 4.69) is 5.10 Å². The van der Waals surface area contributed by atoms with Crippen LogP contribution in [0.1, 0.15) is 10.4 Å². The first-order chi connectivity index (χ1) is 8.00. The van der Waals surface area contributed by atoms with Crippen LogP contribution in [0.25, 0.3) is 5.69 Å². The second-order valence-electron chi connectivity index (χ2n) is 3.26. The maximum atomic E-state index is 13.0. The predicted octanol–water partition coefficient (Wildman–Crippen LogP) is 1.95. The van der Waals surface area contributed by atoms with E-state index in [0.717, 1.165) is 12.3 Å². The Morgan fingerprint density at radius 3 is 2.76 bits per heavy atom. The summed E-state index contributed by atoms with van der Waals surface area (Å²) >= 11 is 5.61. The number of aromatic nitrogens is 2. The molecule has 1 heterocycles. The summed E-state index contributed by atoms with van der Waals surface area (Å²) in [7, 11) is 0. The van der Waals surface area contributed by atoms with Gasteiger partial charge in [-0.1, -0.05) is 11.6 Å². The van der Waals surface area contributed by atoms with Crippen molar-refractivity contribution in [2.45, 2.75) is 0 Å². The first-order valence-corrected chi connectivity index (χ1v) is 4.90. The van der Waals surface area contributed by atoms with E-state index in [9.17, 15) is 9.18 Å². The molecule has 1 aromatic heterocycles. The number of nitrogens with two attached hydrogens (primary N) is 1. The monoisotopic (exact) mass is 255 g/mol. The third-order valence-corrected chi connectivity index (χ3v) is 2.47. The molecule has 2 rings (SSSR count). The van der Waals surface area contributed by atoms with E-state index in [1.807, 2.05) is 0 Å². The summed E-state index contributed by atoms with van der Waals surface area (Å²) in [5, 5.41) is 12.5. The molecule has 0 spiro atoms. The molecule has 0 amide bonds. The first kappa shape index (κ1) is 11.4.